The van der Waals surface area contributed by atoms with Gasteiger partial charge in [0.1, 0.15) is 6.10 Å². The van der Waals surface area contributed by atoms with Crippen LogP contribution in [0.3, 0.4) is 0 Å². The summed E-state index contributed by atoms with van der Waals surface area (Å²) in [4.78, 5) is 18.9. The van der Waals surface area contributed by atoms with Gasteiger partial charge in [-0.3, -0.25) is 14.0 Å². The standard InChI is InChI=1S/C34H33ClN4O4S/c1-19-16-25-30(28(20-9-12-23(35)13-10-20)27(19)29(32(41)42-6)43-34(2,3)4)44-33(37-25)39-15-7-8-24(31(39)40)21-11-14-26-22(17-21)18-36-38(26)5/h7-18,29,32,41H,1-6H3/t29-,32?/m0/s1. The lowest BCUT2D eigenvalue weighted by atomic mass is 9.91. The number of hydrogen-bond donors (Lipinski definition) is 1. The molecule has 226 valence electrons. The van der Waals surface area contributed by atoms with Gasteiger partial charge in [-0.15, -0.1) is 0 Å². The Bertz CT molecular complexity index is 2060. The highest BCUT2D eigenvalue weighted by Crippen LogP contribution is 2.44. The number of aryl methyl sites for hydroxylation is 2. The van der Waals surface area contributed by atoms with E-state index in [1.165, 1.54) is 18.4 Å². The largest absolute Gasteiger partial charge is 0.366 e. The van der Waals surface area contributed by atoms with Crippen LogP contribution in [0.1, 0.15) is 38.0 Å². The van der Waals surface area contributed by atoms with E-state index in [0.717, 1.165) is 48.9 Å². The zero-order valence-corrected chi connectivity index (χ0v) is 26.9. The number of thiazole rings is 1. The van der Waals surface area contributed by atoms with E-state index >= 15 is 0 Å². The zero-order valence-electron chi connectivity index (χ0n) is 25.3. The molecule has 2 atom stereocenters. The summed E-state index contributed by atoms with van der Waals surface area (Å²) in [7, 11) is 3.35. The molecule has 0 fully saturated rings. The van der Waals surface area contributed by atoms with Crippen LogP contribution >= 0.6 is 22.9 Å². The van der Waals surface area contributed by atoms with E-state index in [1.54, 1.807) is 21.6 Å². The van der Waals surface area contributed by atoms with Crippen LogP contribution in [0.2, 0.25) is 5.02 Å². The highest BCUT2D eigenvalue weighted by atomic mass is 35.5. The zero-order chi connectivity index (χ0) is 31.3. The molecule has 3 heterocycles. The average molecular weight is 629 g/mol. The van der Waals surface area contributed by atoms with Crippen LogP contribution < -0.4 is 5.56 Å². The summed E-state index contributed by atoms with van der Waals surface area (Å²) in [6, 6.07) is 19.1. The van der Waals surface area contributed by atoms with E-state index in [9.17, 15) is 9.90 Å². The van der Waals surface area contributed by atoms with Gasteiger partial charge in [-0.2, -0.15) is 5.10 Å². The first-order chi connectivity index (χ1) is 20.9. The first kappa shape index (κ1) is 30.2. The maximum Gasteiger partial charge on any atom is 0.264 e. The van der Waals surface area contributed by atoms with Crippen molar-refractivity contribution >= 4 is 44.1 Å². The number of fused-ring (bicyclic) bond motifs is 2. The molecule has 0 aliphatic rings. The van der Waals surface area contributed by atoms with Crippen LogP contribution in [0.4, 0.5) is 0 Å². The average Bonchev–Trinajstić information content (AvgIpc) is 3.58. The number of aromatic nitrogens is 4. The molecular formula is C34H33ClN4O4S. The Morgan fingerprint density at radius 2 is 1.77 bits per heavy atom. The van der Waals surface area contributed by atoms with Crippen LogP contribution in [-0.2, 0) is 16.5 Å². The van der Waals surface area contributed by atoms with Crippen molar-refractivity contribution in [2.45, 2.75) is 45.7 Å². The van der Waals surface area contributed by atoms with Crippen molar-refractivity contribution in [3.05, 3.63) is 99.6 Å². The summed E-state index contributed by atoms with van der Waals surface area (Å²) in [5.41, 5.74) is 5.71. The van der Waals surface area contributed by atoms with Crippen LogP contribution in [0.15, 0.2) is 77.9 Å². The van der Waals surface area contributed by atoms with Crippen LogP contribution in [0, 0.1) is 6.92 Å². The number of pyridine rings is 1. The lowest BCUT2D eigenvalue weighted by Gasteiger charge is -2.32. The Balaban J connectivity index is 1.57. The Morgan fingerprint density at radius 3 is 2.48 bits per heavy atom. The fourth-order valence-corrected chi connectivity index (χ4v) is 6.77. The number of rotatable bonds is 7. The lowest BCUT2D eigenvalue weighted by molar-refractivity contribution is -0.198. The molecule has 0 spiro atoms. The summed E-state index contributed by atoms with van der Waals surface area (Å²) in [6.07, 6.45) is 1.51. The molecule has 0 radical (unpaired) electrons. The molecule has 1 unspecified atom stereocenters. The molecule has 3 aromatic heterocycles. The first-order valence-corrected chi connectivity index (χ1v) is 15.4. The Hall–Kier alpha value is -3.86. The number of aliphatic hydroxyl groups is 1. The number of benzene rings is 3. The molecule has 0 aliphatic carbocycles. The number of methoxy groups -OCH3 is 1. The second-order valence-corrected chi connectivity index (χ2v) is 13.2. The SMILES string of the molecule is COC(O)[C@@H](OC(C)(C)C)c1c(C)cc2nc(-n3cccc(-c4ccc5c(cnn5C)c4)c3=O)sc2c1-c1ccc(Cl)cc1. The monoisotopic (exact) mass is 628 g/mol. The number of hydrogen-bond acceptors (Lipinski definition) is 7. The van der Waals surface area contributed by atoms with E-state index < -0.39 is 18.0 Å². The molecule has 0 aliphatic heterocycles. The van der Waals surface area contributed by atoms with Gasteiger partial charge in [0.2, 0.25) is 0 Å². The fourth-order valence-electron chi connectivity index (χ4n) is 5.53. The Kier molecular flexibility index (Phi) is 7.94. The molecule has 6 rings (SSSR count). The quantitative estimate of drug-likeness (QED) is 0.185. The summed E-state index contributed by atoms with van der Waals surface area (Å²) < 4.78 is 16.1. The molecule has 1 N–H and O–H groups in total. The topological polar surface area (TPSA) is 91.4 Å². The predicted molar refractivity (Wildman–Crippen MR) is 177 cm³/mol. The third-order valence-corrected chi connectivity index (χ3v) is 8.87. The second-order valence-electron chi connectivity index (χ2n) is 11.7. The summed E-state index contributed by atoms with van der Waals surface area (Å²) in [5.74, 6) is 0. The van der Waals surface area contributed by atoms with E-state index in [4.69, 9.17) is 26.1 Å². The van der Waals surface area contributed by atoms with Gasteiger partial charge in [0.05, 0.1) is 27.5 Å². The van der Waals surface area contributed by atoms with Crippen LogP contribution in [0.25, 0.3) is 48.5 Å². The van der Waals surface area contributed by atoms with E-state index in [-0.39, 0.29) is 5.56 Å². The summed E-state index contributed by atoms with van der Waals surface area (Å²) >= 11 is 7.68. The lowest BCUT2D eigenvalue weighted by Crippen LogP contribution is -2.32. The van der Waals surface area contributed by atoms with Crippen molar-refractivity contribution in [3.63, 3.8) is 0 Å². The molecule has 3 aromatic carbocycles. The maximum atomic E-state index is 13.9. The minimum absolute atomic E-state index is 0.177. The maximum absolute atomic E-state index is 13.9. The molecule has 6 aromatic rings. The summed E-state index contributed by atoms with van der Waals surface area (Å²) in [6.45, 7) is 7.79. The highest BCUT2D eigenvalue weighted by molar-refractivity contribution is 7.21. The number of aliphatic hydroxyl groups excluding tert-OH is 1. The van der Waals surface area contributed by atoms with E-state index in [2.05, 4.69) is 5.10 Å². The summed E-state index contributed by atoms with van der Waals surface area (Å²) in [5, 5.41) is 17.5. The molecule has 0 saturated carbocycles. The first-order valence-electron chi connectivity index (χ1n) is 14.2. The van der Waals surface area contributed by atoms with Crippen LogP contribution in [-0.4, -0.2) is 43.4 Å². The minimum Gasteiger partial charge on any atom is -0.366 e. The third kappa shape index (κ3) is 5.58. The fraction of sp³-hybridized carbons (Fsp3) is 0.265. The van der Waals surface area contributed by atoms with Gasteiger partial charge >= 0.3 is 0 Å². The van der Waals surface area contributed by atoms with Gasteiger partial charge in [0.25, 0.3) is 5.56 Å². The van der Waals surface area contributed by atoms with Gasteiger partial charge in [-0.1, -0.05) is 41.1 Å². The van der Waals surface area contributed by atoms with Crippen LogP contribution in [0.5, 0.6) is 0 Å². The minimum atomic E-state index is -1.22. The Morgan fingerprint density at radius 1 is 1.05 bits per heavy atom. The normalized spacial score (nSPS) is 13.5. The van der Waals surface area contributed by atoms with E-state index in [0.29, 0.717) is 15.7 Å². The smallest absolute Gasteiger partial charge is 0.264 e. The Labute approximate surface area is 264 Å². The van der Waals surface area contributed by atoms with Crippen molar-refractivity contribution in [3.8, 4) is 27.4 Å². The highest BCUT2D eigenvalue weighted by Gasteiger charge is 2.32. The van der Waals surface area contributed by atoms with Crippen molar-refractivity contribution in [2.75, 3.05) is 7.11 Å². The third-order valence-electron chi connectivity index (χ3n) is 7.53. The van der Waals surface area contributed by atoms with Gasteiger partial charge in [0, 0.05) is 41.9 Å². The van der Waals surface area contributed by atoms with Crippen molar-refractivity contribution in [1.29, 1.82) is 0 Å². The molecule has 10 heteroatoms. The molecular weight excluding hydrogens is 596 g/mol. The predicted octanol–water partition coefficient (Wildman–Crippen LogP) is 7.45. The van der Waals surface area contributed by atoms with E-state index in [1.807, 2.05) is 95.4 Å². The number of ether oxygens (including phenoxy) is 2. The van der Waals surface area contributed by atoms with Gasteiger partial charge in [-0.25, -0.2) is 4.98 Å². The molecule has 0 saturated heterocycles. The van der Waals surface area contributed by atoms with Gasteiger partial charge < -0.3 is 14.6 Å². The molecule has 44 heavy (non-hydrogen) atoms. The number of nitrogens with zero attached hydrogens (tertiary/aromatic N) is 4. The van der Waals surface area contributed by atoms with Crippen molar-refractivity contribution in [2.24, 2.45) is 7.05 Å². The van der Waals surface area contributed by atoms with Gasteiger partial charge in [-0.05, 0) is 92.4 Å². The second kappa shape index (κ2) is 11.6. The molecule has 0 amide bonds. The van der Waals surface area contributed by atoms with Crippen molar-refractivity contribution in [1.82, 2.24) is 19.3 Å². The van der Waals surface area contributed by atoms with Gasteiger partial charge in [0.15, 0.2) is 11.4 Å². The molecule has 0 bridgehead atoms. The van der Waals surface area contributed by atoms with Crippen molar-refractivity contribution < 1.29 is 14.6 Å². The molecule has 8 nitrogen and oxygen atoms in total. The number of halogens is 1.